The molecule has 11 heteroatoms. The summed E-state index contributed by atoms with van der Waals surface area (Å²) >= 11 is 0. The first-order valence-corrected chi connectivity index (χ1v) is 8.60. The number of benzene rings is 1. The van der Waals surface area contributed by atoms with E-state index in [1.807, 2.05) is 0 Å². The van der Waals surface area contributed by atoms with E-state index in [1.54, 1.807) is 6.92 Å². The number of halogens is 1. The van der Waals surface area contributed by atoms with Gasteiger partial charge < -0.3 is 25.3 Å². The molecule has 136 valence electrons. The molecular formula is C13H20ClN3O6S. The van der Waals surface area contributed by atoms with E-state index in [4.69, 9.17) is 19.9 Å². The van der Waals surface area contributed by atoms with Gasteiger partial charge in [-0.05, 0) is 6.92 Å². The molecule has 0 bridgehead atoms. The van der Waals surface area contributed by atoms with Gasteiger partial charge in [0.25, 0.3) is 0 Å². The summed E-state index contributed by atoms with van der Waals surface area (Å²) < 4.78 is 40.8. The Hall–Kier alpha value is -1.75. The third kappa shape index (κ3) is 5.71. The lowest BCUT2D eigenvalue weighted by atomic mass is 10.2. The van der Waals surface area contributed by atoms with E-state index in [0.717, 1.165) is 0 Å². The molecule has 24 heavy (non-hydrogen) atoms. The Kier molecular flexibility index (Phi) is 7.55. The van der Waals surface area contributed by atoms with Gasteiger partial charge in [0, 0.05) is 18.7 Å². The molecule has 0 atom stereocenters. The minimum absolute atomic E-state index is 0. The summed E-state index contributed by atoms with van der Waals surface area (Å²) in [6.07, 6.45) is 0. The average molecular weight is 382 g/mol. The molecule has 0 fully saturated rings. The van der Waals surface area contributed by atoms with Gasteiger partial charge in [0.1, 0.15) is 0 Å². The van der Waals surface area contributed by atoms with Gasteiger partial charge in [0.05, 0.1) is 30.3 Å². The van der Waals surface area contributed by atoms with Crippen molar-refractivity contribution < 1.29 is 27.4 Å². The third-order valence-electron chi connectivity index (χ3n) is 2.97. The minimum atomic E-state index is -3.57. The molecule has 1 aromatic carbocycles. The second-order valence-corrected chi connectivity index (χ2v) is 6.60. The standard InChI is InChI=1S/C13H19N3O6S.ClH/c1-2-20-3-4-23(18,19)15-7-13(17)16-10-6-12-11(5-9(10)14)21-8-22-12;/h5-6,15H,2-4,7-8,14H2,1H3,(H,16,17);1H. The molecule has 0 unspecified atom stereocenters. The number of rotatable bonds is 8. The maximum absolute atomic E-state index is 11.8. The number of anilines is 2. The molecule has 1 aromatic rings. The van der Waals surface area contributed by atoms with E-state index in [0.29, 0.717) is 29.5 Å². The van der Waals surface area contributed by atoms with Crippen molar-refractivity contribution in [1.82, 2.24) is 4.72 Å². The fourth-order valence-electron chi connectivity index (χ4n) is 1.82. The highest BCUT2D eigenvalue weighted by atomic mass is 35.5. The Balaban J connectivity index is 0.00000288. The van der Waals surface area contributed by atoms with Crippen molar-refractivity contribution >= 4 is 39.7 Å². The van der Waals surface area contributed by atoms with Crippen LogP contribution in [0.4, 0.5) is 11.4 Å². The zero-order valence-electron chi connectivity index (χ0n) is 13.0. The van der Waals surface area contributed by atoms with Gasteiger partial charge in [-0.3, -0.25) is 4.79 Å². The highest BCUT2D eigenvalue weighted by Crippen LogP contribution is 2.38. The van der Waals surface area contributed by atoms with Gasteiger partial charge in [0.15, 0.2) is 11.5 Å². The summed E-state index contributed by atoms with van der Waals surface area (Å²) in [5.74, 6) is 0.208. The van der Waals surface area contributed by atoms with E-state index >= 15 is 0 Å². The first kappa shape index (κ1) is 20.3. The lowest BCUT2D eigenvalue weighted by molar-refractivity contribution is -0.115. The van der Waals surface area contributed by atoms with Gasteiger partial charge in [-0.1, -0.05) is 0 Å². The van der Waals surface area contributed by atoms with Crippen molar-refractivity contribution in [2.75, 3.05) is 43.4 Å². The van der Waals surface area contributed by atoms with Gasteiger partial charge in [-0.25, -0.2) is 13.1 Å². The van der Waals surface area contributed by atoms with Crippen LogP contribution in [0.25, 0.3) is 0 Å². The number of nitrogens with two attached hydrogens (primary N) is 1. The maximum atomic E-state index is 11.8. The number of hydrogen-bond donors (Lipinski definition) is 3. The molecule has 0 radical (unpaired) electrons. The van der Waals surface area contributed by atoms with Crippen molar-refractivity contribution in [1.29, 1.82) is 0 Å². The molecule has 1 aliphatic heterocycles. The molecule has 0 saturated heterocycles. The summed E-state index contributed by atoms with van der Waals surface area (Å²) in [5.41, 5.74) is 6.42. The highest BCUT2D eigenvalue weighted by Gasteiger charge is 2.18. The van der Waals surface area contributed by atoms with Crippen LogP contribution in [0.3, 0.4) is 0 Å². The van der Waals surface area contributed by atoms with Crippen molar-refractivity contribution in [2.45, 2.75) is 6.92 Å². The highest BCUT2D eigenvalue weighted by molar-refractivity contribution is 7.89. The minimum Gasteiger partial charge on any atom is -0.454 e. The van der Waals surface area contributed by atoms with E-state index in [9.17, 15) is 13.2 Å². The number of ether oxygens (including phenoxy) is 3. The van der Waals surface area contributed by atoms with Crippen LogP contribution in [0.5, 0.6) is 11.5 Å². The maximum Gasteiger partial charge on any atom is 0.239 e. The molecule has 0 saturated carbocycles. The first-order chi connectivity index (χ1) is 10.9. The van der Waals surface area contributed by atoms with Gasteiger partial charge >= 0.3 is 0 Å². The van der Waals surface area contributed by atoms with Crippen LogP contribution in [0.2, 0.25) is 0 Å². The van der Waals surface area contributed by atoms with Gasteiger partial charge in [0.2, 0.25) is 22.7 Å². The number of nitrogens with one attached hydrogen (secondary N) is 2. The third-order valence-corrected chi connectivity index (χ3v) is 4.26. The second kappa shape index (κ2) is 8.92. The summed E-state index contributed by atoms with van der Waals surface area (Å²) in [5, 5.41) is 2.52. The summed E-state index contributed by atoms with van der Waals surface area (Å²) in [7, 11) is -3.57. The van der Waals surface area contributed by atoms with Crippen molar-refractivity contribution in [3.63, 3.8) is 0 Å². The first-order valence-electron chi connectivity index (χ1n) is 6.95. The number of carbonyl (C=O) groups is 1. The number of carbonyl (C=O) groups excluding carboxylic acids is 1. The van der Waals surface area contributed by atoms with Gasteiger partial charge in [-0.2, -0.15) is 0 Å². The Bertz CT molecular complexity index is 683. The molecule has 0 aromatic heterocycles. The fraction of sp³-hybridized carbons (Fsp3) is 0.462. The summed E-state index contributed by atoms with van der Waals surface area (Å²) in [6, 6.07) is 3.06. The Morgan fingerprint density at radius 2 is 2.00 bits per heavy atom. The van der Waals surface area contributed by atoms with Crippen LogP contribution >= 0.6 is 12.4 Å². The molecule has 2 rings (SSSR count). The SMILES string of the molecule is CCOCCS(=O)(=O)NCC(=O)Nc1cc2c(cc1N)OCO2.Cl. The quantitative estimate of drug-likeness (QED) is 0.436. The number of nitrogen functional groups attached to an aromatic ring is 1. The van der Waals surface area contributed by atoms with Crippen LogP contribution < -0.4 is 25.2 Å². The smallest absolute Gasteiger partial charge is 0.239 e. The average Bonchev–Trinajstić information content (AvgIpc) is 2.93. The number of hydrogen-bond acceptors (Lipinski definition) is 7. The normalized spacial score (nSPS) is 12.5. The molecular weight excluding hydrogens is 362 g/mol. The Morgan fingerprint density at radius 3 is 2.67 bits per heavy atom. The zero-order chi connectivity index (χ0) is 16.9. The number of sulfonamides is 1. The van der Waals surface area contributed by atoms with Crippen LogP contribution in [-0.4, -0.2) is 46.6 Å². The lowest BCUT2D eigenvalue weighted by Crippen LogP contribution is -2.35. The predicted octanol–water partition coefficient (Wildman–Crippen LogP) is 0.314. The van der Waals surface area contributed by atoms with Crippen molar-refractivity contribution in [3.8, 4) is 11.5 Å². The topological polar surface area (TPSA) is 129 Å². The molecule has 0 spiro atoms. The summed E-state index contributed by atoms with van der Waals surface area (Å²) in [4.78, 5) is 11.8. The van der Waals surface area contributed by atoms with Crippen LogP contribution in [0, 0.1) is 0 Å². The Labute approximate surface area is 146 Å². The fourth-order valence-corrected chi connectivity index (χ4v) is 2.65. The molecule has 1 aliphatic rings. The molecule has 1 amide bonds. The van der Waals surface area contributed by atoms with Crippen molar-refractivity contribution in [3.05, 3.63) is 12.1 Å². The predicted molar refractivity (Wildman–Crippen MR) is 91.1 cm³/mol. The van der Waals surface area contributed by atoms with E-state index < -0.39 is 22.5 Å². The zero-order valence-corrected chi connectivity index (χ0v) is 14.7. The monoisotopic (exact) mass is 381 g/mol. The summed E-state index contributed by atoms with van der Waals surface area (Å²) in [6.45, 7) is 1.96. The van der Waals surface area contributed by atoms with E-state index in [-0.39, 0.29) is 31.6 Å². The van der Waals surface area contributed by atoms with Crippen LogP contribution in [0.15, 0.2) is 12.1 Å². The number of amides is 1. The molecule has 9 nitrogen and oxygen atoms in total. The van der Waals surface area contributed by atoms with Gasteiger partial charge in [-0.15, -0.1) is 12.4 Å². The van der Waals surface area contributed by atoms with Crippen LogP contribution in [-0.2, 0) is 19.6 Å². The van der Waals surface area contributed by atoms with E-state index in [2.05, 4.69) is 10.0 Å². The van der Waals surface area contributed by atoms with Crippen LogP contribution in [0.1, 0.15) is 6.92 Å². The van der Waals surface area contributed by atoms with E-state index in [1.165, 1.54) is 12.1 Å². The number of fused-ring (bicyclic) bond motifs is 1. The lowest BCUT2D eigenvalue weighted by Gasteiger charge is -2.10. The molecule has 0 aliphatic carbocycles. The second-order valence-electron chi connectivity index (χ2n) is 4.68. The molecule has 1 heterocycles. The Morgan fingerprint density at radius 1 is 1.33 bits per heavy atom. The largest absolute Gasteiger partial charge is 0.454 e. The molecule has 4 N–H and O–H groups in total. The van der Waals surface area contributed by atoms with Crippen molar-refractivity contribution in [2.24, 2.45) is 0 Å².